The standard InChI is InChI=1S/C58H46N2/c1-5-21-47(22-6-1)59(48-23-7-2-8-24-48)51-33-35-53-55(39-51)57(45-31-29-41-17-13-15-19-43(41)37-45)54-36-34-52(60(49-25-9-3-10-26-49)50-27-11-4-12-28-50)40-56(54)58(53)46-32-30-42-18-14-16-20-44(42)38-46/h1-13,15,17,19,21-40,55,57H,14,16,18,20H2. The predicted molar refractivity (Wildman–Crippen MR) is 252 cm³/mol. The Bertz CT molecular complexity index is 2850. The average Bonchev–Trinajstić information content (AvgIpc) is 3.32. The van der Waals surface area contributed by atoms with Crippen molar-refractivity contribution >= 4 is 44.8 Å². The minimum Gasteiger partial charge on any atom is -0.311 e. The maximum atomic E-state index is 2.56. The largest absolute Gasteiger partial charge is 0.311 e. The summed E-state index contributed by atoms with van der Waals surface area (Å²) in [6, 6.07) is 73.8. The normalized spacial score (nSPS) is 16.7. The van der Waals surface area contributed by atoms with Crippen LogP contribution in [0.15, 0.2) is 230 Å². The topological polar surface area (TPSA) is 6.48 Å². The molecular formula is C58H46N2. The van der Waals surface area contributed by atoms with E-state index in [9.17, 15) is 0 Å². The second-order valence-corrected chi connectivity index (χ2v) is 16.3. The quantitative estimate of drug-likeness (QED) is 0.152. The Kier molecular flexibility index (Phi) is 9.32. The van der Waals surface area contributed by atoms with E-state index in [4.69, 9.17) is 0 Å². The van der Waals surface area contributed by atoms with Crippen LogP contribution in [0, 0.1) is 5.92 Å². The molecule has 60 heavy (non-hydrogen) atoms. The first kappa shape index (κ1) is 36.0. The second kappa shape index (κ2) is 15.5. The Morgan fingerprint density at radius 1 is 0.417 bits per heavy atom. The summed E-state index contributed by atoms with van der Waals surface area (Å²) in [6.07, 6.45) is 12.2. The number of hydrogen-bond acceptors (Lipinski definition) is 2. The lowest BCUT2D eigenvalue weighted by Crippen LogP contribution is -2.26. The van der Waals surface area contributed by atoms with Gasteiger partial charge in [0.15, 0.2) is 0 Å². The van der Waals surface area contributed by atoms with Crippen molar-refractivity contribution in [3.05, 3.63) is 263 Å². The van der Waals surface area contributed by atoms with Crippen LogP contribution < -0.4 is 9.80 Å². The number of fused-ring (bicyclic) bond motifs is 4. The van der Waals surface area contributed by atoms with Gasteiger partial charge in [0.1, 0.15) is 0 Å². The van der Waals surface area contributed by atoms with Gasteiger partial charge in [-0.05, 0) is 148 Å². The summed E-state index contributed by atoms with van der Waals surface area (Å²) < 4.78 is 0. The molecule has 0 saturated carbocycles. The van der Waals surface area contributed by atoms with Gasteiger partial charge in [-0.15, -0.1) is 0 Å². The van der Waals surface area contributed by atoms with Gasteiger partial charge in [-0.1, -0.05) is 152 Å². The monoisotopic (exact) mass is 770 g/mol. The summed E-state index contributed by atoms with van der Waals surface area (Å²) in [5, 5.41) is 2.53. The molecule has 0 heterocycles. The molecule has 3 aliphatic rings. The van der Waals surface area contributed by atoms with E-state index in [0.717, 1.165) is 34.9 Å². The predicted octanol–water partition coefficient (Wildman–Crippen LogP) is 15.0. The van der Waals surface area contributed by atoms with Crippen LogP contribution in [0.2, 0.25) is 0 Å². The summed E-state index contributed by atoms with van der Waals surface area (Å²) in [6.45, 7) is 0. The molecule has 0 spiro atoms. The Hall–Kier alpha value is -7.16. The van der Waals surface area contributed by atoms with Crippen LogP contribution in [-0.2, 0) is 12.8 Å². The number of nitrogens with zero attached hydrogens (tertiary/aromatic N) is 2. The van der Waals surface area contributed by atoms with Gasteiger partial charge < -0.3 is 9.80 Å². The van der Waals surface area contributed by atoms with Crippen LogP contribution in [0.25, 0.3) is 16.3 Å². The van der Waals surface area contributed by atoms with Gasteiger partial charge >= 0.3 is 0 Å². The van der Waals surface area contributed by atoms with Crippen molar-refractivity contribution in [1.29, 1.82) is 0 Å². The van der Waals surface area contributed by atoms with Crippen molar-refractivity contribution in [3.63, 3.8) is 0 Å². The Morgan fingerprint density at radius 3 is 1.65 bits per heavy atom. The van der Waals surface area contributed by atoms with Gasteiger partial charge in [0.25, 0.3) is 0 Å². The van der Waals surface area contributed by atoms with Gasteiger partial charge in [-0.25, -0.2) is 0 Å². The van der Waals surface area contributed by atoms with Crippen molar-refractivity contribution in [3.8, 4) is 0 Å². The molecular weight excluding hydrogens is 725 g/mol. The molecule has 0 N–H and O–H groups in total. The zero-order valence-corrected chi connectivity index (χ0v) is 33.7. The molecule has 0 saturated heterocycles. The number of hydrogen-bond donors (Lipinski definition) is 0. The minimum atomic E-state index is 0.0739. The molecule has 0 aliphatic heterocycles. The van der Waals surface area contributed by atoms with E-state index in [-0.39, 0.29) is 11.8 Å². The second-order valence-electron chi connectivity index (χ2n) is 16.3. The molecule has 2 atom stereocenters. The molecule has 0 bridgehead atoms. The molecule has 0 fully saturated rings. The molecule has 2 heteroatoms. The summed E-state index contributed by atoms with van der Waals surface area (Å²) >= 11 is 0. The molecule has 11 rings (SSSR count). The molecule has 8 aromatic rings. The fourth-order valence-electron chi connectivity index (χ4n) is 10.0. The molecule has 2 nitrogen and oxygen atoms in total. The van der Waals surface area contributed by atoms with Gasteiger partial charge in [-0.2, -0.15) is 0 Å². The number of anilines is 5. The zero-order valence-electron chi connectivity index (χ0n) is 33.7. The van der Waals surface area contributed by atoms with E-state index in [1.54, 1.807) is 0 Å². The van der Waals surface area contributed by atoms with Crippen LogP contribution in [-0.4, -0.2) is 0 Å². The Morgan fingerprint density at radius 2 is 1.00 bits per heavy atom. The molecule has 8 aromatic carbocycles. The molecule has 0 aromatic heterocycles. The van der Waals surface area contributed by atoms with Gasteiger partial charge in [0, 0.05) is 46.0 Å². The summed E-state index contributed by atoms with van der Waals surface area (Å²) in [4.78, 5) is 4.82. The fraction of sp³-hybridized carbons (Fsp3) is 0.103. The summed E-state index contributed by atoms with van der Waals surface area (Å²) in [5.74, 6) is 0.148. The zero-order chi connectivity index (χ0) is 39.8. The fourth-order valence-corrected chi connectivity index (χ4v) is 10.0. The molecule has 3 aliphatic carbocycles. The van der Waals surface area contributed by atoms with Crippen LogP contribution >= 0.6 is 0 Å². The highest BCUT2D eigenvalue weighted by atomic mass is 15.1. The number of benzene rings is 8. The summed E-state index contributed by atoms with van der Waals surface area (Å²) in [7, 11) is 0. The van der Waals surface area contributed by atoms with Crippen molar-refractivity contribution in [2.24, 2.45) is 5.92 Å². The van der Waals surface area contributed by atoms with E-state index in [1.807, 2.05) is 0 Å². The van der Waals surface area contributed by atoms with E-state index >= 15 is 0 Å². The van der Waals surface area contributed by atoms with Crippen LogP contribution in [0.5, 0.6) is 0 Å². The van der Waals surface area contributed by atoms with E-state index in [0.29, 0.717) is 0 Å². The summed E-state index contributed by atoms with van der Waals surface area (Å²) in [5.41, 5.74) is 17.9. The van der Waals surface area contributed by atoms with Crippen molar-refractivity contribution in [2.75, 3.05) is 9.80 Å². The van der Waals surface area contributed by atoms with Crippen molar-refractivity contribution in [1.82, 2.24) is 0 Å². The Labute approximate surface area is 353 Å². The lowest BCUT2D eigenvalue weighted by Gasteiger charge is -2.40. The maximum absolute atomic E-state index is 2.56. The first-order valence-corrected chi connectivity index (χ1v) is 21.5. The number of allylic oxidation sites excluding steroid dienone is 4. The lowest BCUT2D eigenvalue weighted by molar-refractivity contribution is 0.644. The SMILES string of the molecule is C1=CC2=C(c3ccc4c(c3)CCCC4)c3cc(N(c4ccccc4)c4ccccc4)ccc3C(c3ccc4ccccc4c3)C2C=C1N(c1ccccc1)c1ccccc1. The highest BCUT2D eigenvalue weighted by molar-refractivity contribution is 5.92. The highest BCUT2D eigenvalue weighted by Crippen LogP contribution is 2.53. The van der Waals surface area contributed by atoms with Gasteiger partial charge in [0.05, 0.1) is 0 Å². The van der Waals surface area contributed by atoms with Crippen LogP contribution in [0.1, 0.15) is 52.1 Å². The van der Waals surface area contributed by atoms with Crippen LogP contribution in [0.3, 0.4) is 0 Å². The third kappa shape index (κ3) is 6.55. The van der Waals surface area contributed by atoms with E-state index in [1.165, 1.54) is 80.3 Å². The van der Waals surface area contributed by atoms with E-state index in [2.05, 4.69) is 228 Å². The maximum Gasteiger partial charge on any atom is 0.0468 e. The number of aryl methyl sites for hydroxylation is 2. The van der Waals surface area contributed by atoms with Crippen molar-refractivity contribution in [2.45, 2.75) is 31.6 Å². The third-order valence-electron chi connectivity index (χ3n) is 12.8. The molecule has 0 amide bonds. The lowest BCUT2D eigenvalue weighted by atomic mass is 9.66. The minimum absolute atomic E-state index is 0.0739. The molecule has 0 radical (unpaired) electrons. The first-order valence-electron chi connectivity index (χ1n) is 21.5. The molecule has 2 unspecified atom stereocenters. The molecule has 288 valence electrons. The van der Waals surface area contributed by atoms with Gasteiger partial charge in [-0.3, -0.25) is 0 Å². The van der Waals surface area contributed by atoms with E-state index < -0.39 is 0 Å². The van der Waals surface area contributed by atoms with Crippen LogP contribution in [0.4, 0.5) is 28.4 Å². The van der Waals surface area contributed by atoms with Gasteiger partial charge in [0.2, 0.25) is 0 Å². The smallest absolute Gasteiger partial charge is 0.0468 e. The first-order chi connectivity index (χ1) is 29.8. The highest BCUT2D eigenvalue weighted by Gasteiger charge is 2.38. The van der Waals surface area contributed by atoms with Crippen molar-refractivity contribution < 1.29 is 0 Å². The number of para-hydroxylation sites is 4. The Balaban J connectivity index is 1.18. The number of rotatable bonds is 8. The third-order valence-corrected chi connectivity index (χ3v) is 12.8. The average molecular weight is 771 g/mol.